The van der Waals surface area contributed by atoms with Gasteiger partial charge in [-0.2, -0.15) is 0 Å². The minimum Gasteiger partial charge on any atom is -0.508 e. The quantitative estimate of drug-likeness (QED) is 0.732. The summed E-state index contributed by atoms with van der Waals surface area (Å²) in [4.78, 5) is 1.15. The Morgan fingerprint density at radius 2 is 2.23 bits per heavy atom. The van der Waals surface area contributed by atoms with E-state index in [2.05, 4.69) is 0 Å². The van der Waals surface area contributed by atoms with Gasteiger partial charge in [0.1, 0.15) is 5.75 Å². The van der Waals surface area contributed by atoms with Gasteiger partial charge in [0, 0.05) is 10.9 Å². The topological polar surface area (TPSA) is 46.2 Å². The zero-order valence-electron chi connectivity index (χ0n) is 7.95. The van der Waals surface area contributed by atoms with Gasteiger partial charge in [-0.15, -0.1) is 11.8 Å². The van der Waals surface area contributed by atoms with Gasteiger partial charge in [0.2, 0.25) is 0 Å². The fraction of sp³-hybridized carbons (Fsp3) is 0.400. The van der Waals surface area contributed by atoms with Crippen molar-refractivity contribution in [3.63, 3.8) is 0 Å². The minimum atomic E-state index is 0.0227. The number of phenolic OH excluding ortho intramolecular Hbond substituents is 1. The van der Waals surface area contributed by atoms with Crippen molar-refractivity contribution in [2.75, 3.05) is 6.26 Å². The summed E-state index contributed by atoms with van der Waals surface area (Å²) in [7, 11) is 0. The lowest BCUT2D eigenvalue weighted by molar-refractivity contribution is 0.472. The van der Waals surface area contributed by atoms with Crippen molar-refractivity contribution in [2.45, 2.75) is 24.3 Å². The Morgan fingerprint density at radius 1 is 1.54 bits per heavy atom. The second-order valence-corrected chi connectivity index (χ2v) is 3.79. The molecule has 0 fully saturated rings. The molecule has 1 rings (SSSR count). The first-order chi connectivity index (χ1) is 6.19. The fourth-order valence-electron chi connectivity index (χ4n) is 1.23. The van der Waals surface area contributed by atoms with E-state index in [1.807, 2.05) is 19.2 Å². The van der Waals surface area contributed by atoms with Crippen LogP contribution in [0.15, 0.2) is 23.1 Å². The van der Waals surface area contributed by atoms with Crippen molar-refractivity contribution in [3.05, 3.63) is 23.8 Å². The Balaban J connectivity index is 3.07. The first-order valence-electron chi connectivity index (χ1n) is 4.31. The summed E-state index contributed by atoms with van der Waals surface area (Å²) in [6.45, 7) is 2.04. The fourth-order valence-corrected chi connectivity index (χ4v) is 1.88. The number of hydrogen-bond acceptors (Lipinski definition) is 3. The highest BCUT2D eigenvalue weighted by molar-refractivity contribution is 7.98. The highest BCUT2D eigenvalue weighted by Gasteiger charge is 2.09. The number of thioether (sulfide) groups is 1. The van der Waals surface area contributed by atoms with E-state index in [1.165, 1.54) is 0 Å². The van der Waals surface area contributed by atoms with E-state index in [9.17, 15) is 5.11 Å². The van der Waals surface area contributed by atoms with Crippen molar-refractivity contribution >= 4 is 11.8 Å². The van der Waals surface area contributed by atoms with Gasteiger partial charge in [-0.1, -0.05) is 6.92 Å². The van der Waals surface area contributed by atoms with Gasteiger partial charge in [0.15, 0.2) is 0 Å². The first kappa shape index (κ1) is 10.4. The molecule has 0 aliphatic heterocycles. The van der Waals surface area contributed by atoms with E-state index >= 15 is 0 Å². The van der Waals surface area contributed by atoms with Gasteiger partial charge in [0.05, 0.1) is 0 Å². The largest absolute Gasteiger partial charge is 0.508 e. The second-order valence-electron chi connectivity index (χ2n) is 2.94. The van der Waals surface area contributed by atoms with Gasteiger partial charge in [-0.3, -0.25) is 0 Å². The summed E-state index contributed by atoms with van der Waals surface area (Å²) >= 11 is 1.66. The van der Waals surface area contributed by atoms with E-state index in [-0.39, 0.29) is 11.8 Å². The molecule has 0 radical (unpaired) electrons. The average molecular weight is 197 g/mol. The van der Waals surface area contributed by atoms with Gasteiger partial charge in [-0.25, -0.2) is 0 Å². The number of aromatic hydroxyl groups is 1. The maximum Gasteiger partial charge on any atom is 0.115 e. The van der Waals surface area contributed by atoms with Crippen LogP contribution in [0.4, 0.5) is 0 Å². The number of rotatable bonds is 3. The van der Waals surface area contributed by atoms with Crippen LogP contribution in [0.2, 0.25) is 0 Å². The summed E-state index contributed by atoms with van der Waals surface area (Å²) in [6.07, 6.45) is 2.90. The summed E-state index contributed by atoms with van der Waals surface area (Å²) < 4.78 is 0. The highest BCUT2D eigenvalue weighted by Crippen LogP contribution is 2.29. The molecule has 1 atom stereocenters. The molecule has 0 heterocycles. The molecule has 1 aromatic rings. The third-order valence-corrected chi connectivity index (χ3v) is 2.86. The van der Waals surface area contributed by atoms with E-state index in [0.717, 1.165) is 16.9 Å². The monoisotopic (exact) mass is 197 g/mol. The molecule has 1 aromatic carbocycles. The summed E-state index contributed by atoms with van der Waals surface area (Å²) in [5.41, 5.74) is 6.95. The third kappa shape index (κ3) is 2.39. The normalized spacial score (nSPS) is 12.8. The molecule has 2 nitrogen and oxygen atoms in total. The van der Waals surface area contributed by atoms with E-state index < -0.39 is 0 Å². The van der Waals surface area contributed by atoms with Crippen molar-refractivity contribution in [1.82, 2.24) is 0 Å². The molecule has 13 heavy (non-hydrogen) atoms. The molecule has 1 unspecified atom stereocenters. The number of nitrogens with two attached hydrogens (primary N) is 1. The standard InChI is InChI=1S/C10H15NOS/c1-3-9(11)8-6-7(12)4-5-10(8)13-2/h4-6,9,12H,3,11H2,1-2H3. The molecule has 3 heteroatoms. The van der Waals surface area contributed by atoms with Crippen LogP contribution in [0, 0.1) is 0 Å². The van der Waals surface area contributed by atoms with Crippen LogP contribution in [-0.4, -0.2) is 11.4 Å². The molecular formula is C10H15NOS. The van der Waals surface area contributed by atoms with Crippen molar-refractivity contribution < 1.29 is 5.11 Å². The summed E-state index contributed by atoms with van der Waals surface area (Å²) in [5, 5.41) is 9.31. The molecule has 0 aliphatic rings. The van der Waals surface area contributed by atoms with E-state index in [4.69, 9.17) is 5.73 Å². The molecule has 0 saturated heterocycles. The Kier molecular flexibility index (Phi) is 3.63. The van der Waals surface area contributed by atoms with Gasteiger partial charge in [-0.05, 0) is 36.4 Å². The lowest BCUT2D eigenvalue weighted by Gasteiger charge is -2.13. The first-order valence-corrected chi connectivity index (χ1v) is 5.54. The highest BCUT2D eigenvalue weighted by atomic mass is 32.2. The van der Waals surface area contributed by atoms with Crippen LogP contribution in [0.5, 0.6) is 5.75 Å². The summed E-state index contributed by atoms with van der Waals surface area (Å²) in [5.74, 6) is 0.289. The van der Waals surface area contributed by atoms with E-state index in [0.29, 0.717) is 0 Å². The Bertz CT molecular complexity index is 288. The third-order valence-electron chi connectivity index (χ3n) is 2.05. The van der Waals surface area contributed by atoms with Gasteiger partial charge in [0.25, 0.3) is 0 Å². The van der Waals surface area contributed by atoms with Crippen LogP contribution in [-0.2, 0) is 0 Å². The molecule has 3 N–H and O–H groups in total. The summed E-state index contributed by atoms with van der Waals surface area (Å²) in [6, 6.07) is 5.37. The number of benzene rings is 1. The Morgan fingerprint density at radius 3 is 2.77 bits per heavy atom. The van der Waals surface area contributed by atoms with Crippen molar-refractivity contribution in [1.29, 1.82) is 0 Å². The second kappa shape index (κ2) is 4.53. The average Bonchev–Trinajstić information content (AvgIpc) is 2.16. The number of phenols is 1. The molecule has 0 amide bonds. The maximum atomic E-state index is 9.31. The van der Waals surface area contributed by atoms with Crippen LogP contribution in [0.3, 0.4) is 0 Å². The van der Waals surface area contributed by atoms with Crippen LogP contribution < -0.4 is 5.73 Å². The molecule has 0 aliphatic carbocycles. The molecule has 0 aromatic heterocycles. The van der Waals surface area contributed by atoms with Gasteiger partial charge >= 0.3 is 0 Å². The zero-order valence-corrected chi connectivity index (χ0v) is 8.77. The minimum absolute atomic E-state index is 0.0227. The number of hydrogen-bond donors (Lipinski definition) is 2. The van der Waals surface area contributed by atoms with Crippen molar-refractivity contribution in [3.8, 4) is 5.75 Å². The lowest BCUT2D eigenvalue weighted by Crippen LogP contribution is -2.09. The lowest BCUT2D eigenvalue weighted by atomic mass is 10.1. The van der Waals surface area contributed by atoms with Crippen LogP contribution >= 0.6 is 11.8 Å². The predicted octanol–water partition coefficient (Wildman–Crippen LogP) is 2.52. The molecule has 0 bridgehead atoms. The molecular weight excluding hydrogens is 182 g/mol. The Hall–Kier alpha value is -0.670. The zero-order chi connectivity index (χ0) is 9.84. The molecule has 0 spiro atoms. The van der Waals surface area contributed by atoms with Crippen LogP contribution in [0.25, 0.3) is 0 Å². The van der Waals surface area contributed by atoms with E-state index in [1.54, 1.807) is 23.9 Å². The van der Waals surface area contributed by atoms with Gasteiger partial charge < -0.3 is 10.8 Å². The molecule has 72 valence electrons. The SMILES string of the molecule is CCC(N)c1cc(O)ccc1SC. The van der Waals surface area contributed by atoms with Crippen molar-refractivity contribution in [2.24, 2.45) is 5.73 Å². The molecule has 0 saturated carbocycles. The Labute approximate surface area is 83.1 Å². The predicted molar refractivity (Wildman–Crippen MR) is 57.1 cm³/mol. The smallest absolute Gasteiger partial charge is 0.115 e. The maximum absolute atomic E-state index is 9.31. The van der Waals surface area contributed by atoms with Crippen LogP contribution in [0.1, 0.15) is 24.9 Å².